The molecular formula is C28H33N3O5S. The molecule has 0 spiro atoms. The van der Waals surface area contributed by atoms with Crippen molar-refractivity contribution in [1.29, 1.82) is 0 Å². The summed E-state index contributed by atoms with van der Waals surface area (Å²) < 4.78 is 32.3. The quantitative estimate of drug-likeness (QED) is 0.408. The first-order chi connectivity index (χ1) is 17.6. The van der Waals surface area contributed by atoms with Gasteiger partial charge in [0.25, 0.3) is 0 Å². The zero-order valence-corrected chi connectivity index (χ0v) is 22.4. The van der Waals surface area contributed by atoms with Gasteiger partial charge in [0.15, 0.2) is 0 Å². The van der Waals surface area contributed by atoms with Crippen molar-refractivity contribution in [2.45, 2.75) is 32.9 Å². The molecule has 0 saturated carbocycles. The van der Waals surface area contributed by atoms with E-state index in [4.69, 9.17) is 4.74 Å². The van der Waals surface area contributed by atoms with Crippen molar-refractivity contribution in [3.8, 4) is 11.5 Å². The second-order valence-corrected chi connectivity index (χ2v) is 10.6. The van der Waals surface area contributed by atoms with Crippen LogP contribution in [0.15, 0.2) is 78.9 Å². The number of para-hydroxylation sites is 1. The van der Waals surface area contributed by atoms with Gasteiger partial charge in [-0.1, -0.05) is 49.4 Å². The van der Waals surface area contributed by atoms with Crippen molar-refractivity contribution in [1.82, 2.24) is 10.2 Å². The maximum atomic E-state index is 13.6. The number of benzene rings is 3. The Morgan fingerprint density at radius 2 is 1.51 bits per heavy atom. The molecular weight excluding hydrogens is 490 g/mol. The Balaban J connectivity index is 1.89. The number of hydrogen-bond acceptors (Lipinski definition) is 5. The third kappa shape index (κ3) is 7.33. The molecule has 37 heavy (non-hydrogen) atoms. The summed E-state index contributed by atoms with van der Waals surface area (Å²) in [5, 5.41) is 2.61. The largest absolute Gasteiger partial charge is 0.457 e. The number of carbonyl (C=O) groups excluding carboxylic acids is 2. The summed E-state index contributed by atoms with van der Waals surface area (Å²) in [5.74, 6) is 0.394. The van der Waals surface area contributed by atoms with E-state index in [2.05, 4.69) is 5.32 Å². The highest BCUT2D eigenvalue weighted by molar-refractivity contribution is 7.92. The summed E-state index contributed by atoms with van der Waals surface area (Å²) in [4.78, 5) is 27.7. The van der Waals surface area contributed by atoms with E-state index in [1.54, 1.807) is 24.3 Å². The van der Waals surface area contributed by atoms with E-state index in [0.717, 1.165) is 21.7 Å². The normalized spacial score (nSPS) is 11.9. The predicted molar refractivity (Wildman–Crippen MR) is 145 cm³/mol. The van der Waals surface area contributed by atoms with Crippen molar-refractivity contribution in [3.05, 3.63) is 90.0 Å². The van der Waals surface area contributed by atoms with Gasteiger partial charge in [-0.25, -0.2) is 8.42 Å². The van der Waals surface area contributed by atoms with Gasteiger partial charge in [0.05, 0.1) is 11.9 Å². The first-order valence-electron chi connectivity index (χ1n) is 12.0. The van der Waals surface area contributed by atoms with Gasteiger partial charge >= 0.3 is 0 Å². The van der Waals surface area contributed by atoms with E-state index in [1.807, 2.05) is 68.4 Å². The smallest absolute Gasteiger partial charge is 0.244 e. The number of ether oxygens (including phenoxy) is 1. The number of anilines is 1. The molecule has 1 N–H and O–H groups in total. The molecule has 0 unspecified atom stereocenters. The van der Waals surface area contributed by atoms with Crippen LogP contribution in [0.3, 0.4) is 0 Å². The SMILES string of the molecule is CC[C@H](C(=O)NC)N(Cc1ccccc1C)C(=O)CN(c1ccc(Oc2ccccc2)cc1)S(C)(=O)=O. The molecule has 3 rings (SSSR count). The molecule has 8 nitrogen and oxygen atoms in total. The number of sulfonamides is 1. The lowest BCUT2D eigenvalue weighted by atomic mass is 10.1. The van der Waals surface area contributed by atoms with Crippen LogP contribution >= 0.6 is 0 Å². The van der Waals surface area contributed by atoms with E-state index in [-0.39, 0.29) is 12.5 Å². The Kier molecular flexibility index (Phi) is 9.30. The van der Waals surface area contributed by atoms with Crippen molar-refractivity contribution < 1.29 is 22.7 Å². The number of amides is 2. The predicted octanol–water partition coefficient (Wildman–Crippen LogP) is 4.11. The molecule has 2 amide bonds. The minimum Gasteiger partial charge on any atom is -0.457 e. The topological polar surface area (TPSA) is 96.0 Å². The molecule has 0 aliphatic carbocycles. The highest BCUT2D eigenvalue weighted by Crippen LogP contribution is 2.26. The zero-order chi connectivity index (χ0) is 27.0. The number of nitrogens with zero attached hydrogens (tertiary/aromatic N) is 2. The van der Waals surface area contributed by atoms with Crippen molar-refractivity contribution in [2.24, 2.45) is 0 Å². The van der Waals surface area contributed by atoms with E-state index in [9.17, 15) is 18.0 Å². The maximum absolute atomic E-state index is 13.6. The average molecular weight is 524 g/mol. The van der Waals surface area contributed by atoms with Crippen LogP contribution in [-0.2, 0) is 26.2 Å². The molecule has 3 aromatic rings. The second kappa shape index (κ2) is 12.4. The highest BCUT2D eigenvalue weighted by atomic mass is 32.2. The first-order valence-corrected chi connectivity index (χ1v) is 13.8. The summed E-state index contributed by atoms with van der Waals surface area (Å²) >= 11 is 0. The third-order valence-electron chi connectivity index (χ3n) is 6.02. The zero-order valence-electron chi connectivity index (χ0n) is 21.5. The van der Waals surface area contributed by atoms with Crippen LogP contribution in [0.5, 0.6) is 11.5 Å². The molecule has 0 bridgehead atoms. The fourth-order valence-corrected chi connectivity index (χ4v) is 4.83. The number of aryl methyl sites for hydroxylation is 1. The number of rotatable bonds is 11. The van der Waals surface area contributed by atoms with Gasteiger partial charge in [-0.3, -0.25) is 13.9 Å². The summed E-state index contributed by atoms with van der Waals surface area (Å²) in [7, 11) is -2.30. The summed E-state index contributed by atoms with van der Waals surface area (Å²) in [5.41, 5.74) is 2.17. The molecule has 196 valence electrons. The molecule has 0 aromatic heterocycles. The number of likely N-dealkylation sites (N-methyl/N-ethyl adjacent to an activating group) is 1. The molecule has 0 saturated heterocycles. The van der Waals surface area contributed by atoms with Crippen LogP contribution in [0.1, 0.15) is 24.5 Å². The Labute approximate surface area is 218 Å². The average Bonchev–Trinajstić information content (AvgIpc) is 2.88. The number of hydrogen-bond donors (Lipinski definition) is 1. The van der Waals surface area contributed by atoms with Gasteiger partial charge in [0, 0.05) is 13.6 Å². The fraction of sp³-hybridized carbons (Fsp3) is 0.286. The van der Waals surface area contributed by atoms with E-state index in [0.29, 0.717) is 23.6 Å². The standard InChI is InChI=1S/C28H33N3O5S/c1-5-26(28(33)29-3)30(19-22-12-10-9-11-21(22)2)27(32)20-31(37(4,34)35)23-15-17-25(18-16-23)36-24-13-7-6-8-14-24/h6-18,26H,5,19-20H2,1-4H3,(H,29,33)/t26-/m1/s1. The van der Waals surface area contributed by atoms with Crippen LogP contribution in [-0.4, -0.2) is 51.0 Å². The Morgan fingerprint density at radius 1 is 0.919 bits per heavy atom. The van der Waals surface area contributed by atoms with Gasteiger partial charge in [-0.05, 0) is 60.9 Å². The Morgan fingerprint density at radius 3 is 2.08 bits per heavy atom. The van der Waals surface area contributed by atoms with Crippen LogP contribution in [0.4, 0.5) is 5.69 Å². The minimum atomic E-state index is -3.81. The van der Waals surface area contributed by atoms with Crippen molar-refractivity contribution >= 4 is 27.5 Å². The maximum Gasteiger partial charge on any atom is 0.244 e. The van der Waals surface area contributed by atoms with E-state index in [1.165, 1.54) is 11.9 Å². The monoisotopic (exact) mass is 523 g/mol. The summed E-state index contributed by atoms with van der Waals surface area (Å²) in [6.45, 7) is 3.48. The Bertz CT molecular complexity index is 1310. The van der Waals surface area contributed by atoms with E-state index < -0.39 is 28.5 Å². The second-order valence-electron chi connectivity index (χ2n) is 8.67. The lowest BCUT2D eigenvalue weighted by Crippen LogP contribution is -2.51. The van der Waals surface area contributed by atoms with Crippen LogP contribution in [0.2, 0.25) is 0 Å². The third-order valence-corrected chi connectivity index (χ3v) is 7.16. The fourth-order valence-electron chi connectivity index (χ4n) is 3.98. The first kappa shape index (κ1) is 27.7. The number of nitrogens with one attached hydrogen (secondary N) is 1. The van der Waals surface area contributed by atoms with Gasteiger partial charge in [-0.15, -0.1) is 0 Å². The number of carbonyl (C=O) groups is 2. The van der Waals surface area contributed by atoms with Crippen LogP contribution < -0.4 is 14.4 Å². The van der Waals surface area contributed by atoms with Crippen LogP contribution in [0, 0.1) is 6.92 Å². The Hall–Kier alpha value is -3.85. The summed E-state index contributed by atoms with van der Waals surface area (Å²) in [6, 6.07) is 22.5. The molecule has 0 aliphatic heterocycles. The highest BCUT2D eigenvalue weighted by Gasteiger charge is 2.31. The van der Waals surface area contributed by atoms with Crippen LogP contribution in [0.25, 0.3) is 0 Å². The lowest BCUT2D eigenvalue weighted by Gasteiger charge is -2.33. The van der Waals surface area contributed by atoms with Crippen molar-refractivity contribution in [2.75, 3.05) is 24.2 Å². The summed E-state index contributed by atoms with van der Waals surface area (Å²) in [6.07, 6.45) is 1.43. The molecule has 0 heterocycles. The molecule has 0 fully saturated rings. The van der Waals surface area contributed by atoms with Gasteiger partial charge in [0.1, 0.15) is 24.1 Å². The molecule has 0 aliphatic rings. The van der Waals surface area contributed by atoms with Gasteiger partial charge in [0.2, 0.25) is 21.8 Å². The van der Waals surface area contributed by atoms with Gasteiger partial charge in [-0.2, -0.15) is 0 Å². The molecule has 0 radical (unpaired) electrons. The minimum absolute atomic E-state index is 0.179. The molecule has 1 atom stereocenters. The van der Waals surface area contributed by atoms with E-state index >= 15 is 0 Å². The molecule has 9 heteroatoms. The van der Waals surface area contributed by atoms with Crippen molar-refractivity contribution in [3.63, 3.8) is 0 Å². The van der Waals surface area contributed by atoms with Gasteiger partial charge < -0.3 is 15.0 Å². The lowest BCUT2D eigenvalue weighted by molar-refractivity contribution is -0.140. The molecule has 3 aromatic carbocycles.